The molecule has 0 saturated heterocycles. The van der Waals surface area contributed by atoms with Gasteiger partial charge in [0.05, 0.1) is 0 Å². The van der Waals surface area contributed by atoms with Crippen molar-refractivity contribution in [1.29, 1.82) is 0 Å². The molecule has 1 saturated carbocycles. The highest BCUT2D eigenvalue weighted by atomic mass is 19.3. The fourth-order valence-corrected chi connectivity index (χ4v) is 4.45. The van der Waals surface area contributed by atoms with Gasteiger partial charge in [0.25, 0.3) is 0 Å². The van der Waals surface area contributed by atoms with Crippen molar-refractivity contribution in [2.75, 3.05) is 0 Å². The summed E-state index contributed by atoms with van der Waals surface area (Å²) in [6, 6.07) is 11.5. The second kappa shape index (κ2) is 9.69. The van der Waals surface area contributed by atoms with Crippen LogP contribution in [-0.4, -0.2) is 6.11 Å². The Labute approximate surface area is 172 Å². The summed E-state index contributed by atoms with van der Waals surface area (Å²) in [5.41, 5.74) is 2.14. The Kier molecular flexibility index (Phi) is 7.26. The zero-order chi connectivity index (χ0) is 20.9. The molecule has 4 heteroatoms. The molecule has 0 unspecified atom stereocenters. The predicted molar refractivity (Wildman–Crippen MR) is 112 cm³/mol. The van der Waals surface area contributed by atoms with Gasteiger partial charge in [-0.3, -0.25) is 0 Å². The highest BCUT2D eigenvalue weighted by Gasteiger charge is 2.23. The molecule has 2 aromatic rings. The van der Waals surface area contributed by atoms with Gasteiger partial charge in [0.15, 0.2) is 0 Å². The molecule has 1 aliphatic rings. The van der Waals surface area contributed by atoms with E-state index in [4.69, 9.17) is 0 Å². The summed E-state index contributed by atoms with van der Waals surface area (Å²) in [5, 5.41) is 0. The van der Waals surface area contributed by atoms with E-state index in [2.05, 4.69) is 11.7 Å². The molecule has 0 radical (unpaired) electrons. The zero-order valence-electron chi connectivity index (χ0n) is 17.4. The average Bonchev–Trinajstić information content (AvgIpc) is 2.67. The number of halogens is 3. The number of ether oxygens (including phenoxy) is 1. The standard InChI is InChI=1S/C25H31F3O/c1-3-4-18-5-7-19(8-6-18)9-10-20-11-16-23(24(26)17-20)21-12-14-22(15-13-21)29-25(2,27)28/h11-19H,3-10H2,1-2H3. The third-order valence-corrected chi connectivity index (χ3v) is 6.00. The second-order valence-corrected chi connectivity index (χ2v) is 8.46. The van der Waals surface area contributed by atoms with Gasteiger partial charge in [-0.25, -0.2) is 4.39 Å². The lowest BCUT2D eigenvalue weighted by molar-refractivity contribution is -0.158. The van der Waals surface area contributed by atoms with E-state index in [1.165, 1.54) is 50.7 Å². The quantitative estimate of drug-likeness (QED) is 0.433. The first kappa shape index (κ1) is 21.7. The molecular formula is C25H31F3O. The monoisotopic (exact) mass is 404 g/mol. The third kappa shape index (κ3) is 6.52. The van der Waals surface area contributed by atoms with Crippen molar-refractivity contribution >= 4 is 0 Å². The lowest BCUT2D eigenvalue weighted by Gasteiger charge is -2.28. The molecule has 2 aromatic carbocycles. The van der Waals surface area contributed by atoms with Crippen molar-refractivity contribution in [2.24, 2.45) is 11.8 Å². The van der Waals surface area contributed by atoms with E-state index in [0.29, 0.717) is 18.1 Å². The number of aryl methyl sites for hydroxylation is 1. The predicted octanol–water partition coefficient (Wildman–Crippen LogP) is 8.02. The first-order valence-electron chi connectivity index (χ1n) is 10.8. The van der Waals surface area contributed by atoms with E-state index >= 15 is 0 Å². The van der Waals surface area contributed by atoms with E-state index in [0.717, 1.165) is 30.2 Å². The molecule has 1 nitrogen and oxygen atoms in total. The molecule has 0 aliphatic heterocycles. The maximum atomic E-state index is 14.7. The Hall–Kier alpha value is -1.97. The van der Waals surface area contributed by atoms with Gasteiger partial charge in [-0.1, -0.05) is 69.7 Å². The van der Waals surface area contributed by atoms with Crippen LogP contribution in [0.4, 0.5) is 13.2 Å². The summed E-state index contributed by atoms with van der Waals surface area (Å²) in [6.07, 6.45) is 6.71. The van der Waals surface area contributed by atoms with Crippen molar-refractivity contribution < 1.29 is 17.9 Å². The Morgan fingerprint density at radius 1 is 0.931 bits per heavy atom. The second-order valence-electron chi connectivity index (χ2n) is 8.46. The van der Waals surface area contributed by atoms with Gasteiger partial charge < -0.3 is 4.74 Å². The smallest absolute Gasteiger partial charge is 0.394 e. The lowest BCUT2D eigenvalue weighted by atomic mass is 9.78. The summed E-state index contributed by atoms with van der Waals surface area (Å²) in [5.74, 6) is 1.46. The molecule has 0 bridgehead atoms. The lowest BCUT2D eigenvalue weighted by Crippen LogP contribution is -2.18. The minimum absolute atomic E-state index is 0.0620. The van der Waals surface area contributed by atoms with Crippen LogP contribution in [0.5, 0.6) is 5.75 Å². The molecule has 1 fully saturated rings. The Morgan fingerprint density at radius 2 is 1.55 bits per heavy atom. The SMILES string of the molecule is CCCC1CCC(CCc2ccc(-c3ccc(OC(C)(F)F)cc3)c(F)c2)CC1. The summed E-state index contributed by atoms with van der Waals surface area (Å²) in [7, 11) is 0. The maximum Gasteiger partial charge on any atom is 0.394 e. The molecule has 3 rings (SSSR count). The van der Waals surface area contributed by atoms with Crippen LogP contribution in [0.15, 0.2) is 42.5 Å². The molecule has 29 heavy (non-hydrogen) atoms. The molecule has 158 valence electrons. The van der Waals surface area contributed by atoms with Gasteiger partial charge in [0.1, 0.15) is 11.6 Å². The van der Waals surface area contributed by atoms with E-state index in [1.807, 2.05) is 6.07 Å². The average molecular weight is 405 g/mol. The Morgan fingerprint density at radius 3 is 2.10 bits per heavy atom. The van der Waals surface area contributed by atoms with Crippen molar-refractivity contribution in [3.63, 3.8) is 0 Å². The highest BCUT2D eigenvalue weighted by molar-refractivity contribution is 5.65. The Balaban J connectivity index is 1.56. The molecule has 0 N–H and O–H groups in total. The summed E-state index contributed by atoms with van der Waals surface area (Å²) >= 11 is 0. The van der Waals surface area contributed by atoms with Crippen LogP contribution in [0.1, 0.15) is 64.4 Å². The van der Waals surface area contributed by atoms with Crippen LogP contribution in [0.3, 0.4) is 0 Å². The molecule has 0 heterocycles. The van der Waals surface area contributed by atoms with E-state index in [-0.39, 0.29) is 11.6 Å². The topological polar surface area (TPSA) is 9.23 Å². The van der Waals surface area contributed by atoms with E-state index < -0.39 is 6.11 Å². The number of hydrogen-bond donors (Lipinski definition) is 0. The number of rotatable bonds is 8. The van der Waals surface area contributed by atoms with Gasteiger partial charge in [0.2, 0.25) is 0 Å². The number of benzene rings is 2. The zero-order valence-corrected chi connectivity index (χ0v) is 17.4. The minimum atomic E-state index is -3.23. The summed E-state index contributed by atoms with van der Waals surface area (Å²) in [6.45, 7) is 2.95. The maximum absolute atomic E-state index is 14.7. The van der Waals surface area contributed by atoms with E-state index in [1.54, 1.807) is 24.3 Å². The van der Waals surface area contributed by atoms with Gasteiger partial charge in [0, 0.05) is 12.5 Å². The van der Waals surface area contributed by atoms with Crippen molar-refractivity contribution in [1.82, 2.24) is 0 Å². The third-order valence-electron chi connectivity index (χ3n) is 6.00. The number of alkyl halides is 2. The van der Waals surface area contributed by atoms with Crippen LogP contribution in [0, 0.1) is 17.7 Å². The largest absolute Gasteiger partial charge is 0.433 e. The van der Waals surface area contributed by atoms with Crippen LogP contribution in [-0.2, 0) is 6.42 Å². The summed E-state index contributed by atoms with van der Waals surface area (Å²) in [4.78, 5) is 0. The van der Waals surface area contributed by atoms with Gasteiger partial charge in [-0.05, 0) is 54.0 Å². The van der Waals surface area contributed by atoms with Crippen LogP contribution < -0.4 is 4.74 Å². The first-order valence-corrected chi connectivity index (χ1v) is 10.8. The van der Waals surface area contributed by atoms with Crippen molar-refractivity contribution in [2.45, 2.75) is 71.3 Å². The molecule has 0 amide bonds. The fourth-order valence-electron chi connectivity index (χ4n) is 4.45. The molecule has 0 spiro atoms. The normalized spacial score (nSPS) is 19.9. The van der Waals surface area contributed by atoms with Gasteiger partial charge in [-0.2, -0.15) is 8.78 Å². The Bertz CT molecular complexity index is 772. The highest BCUT2D eigenvalue weighted by Crippen LogP contribution is 2.34. The van der Waals surface area contributed by atoms with Gasteiger partial charge >= 0.3 is 6.11 Å². The van der Waals surface area contributed by atoms with Crippen LogP contribution in [0.2, 0.25) is 0 Å². The van der Waals surface area contributed by atoms with Crippen molar-refractivity contribution in [3.05, 3.63) is 53.8 Å². The minimum Gasteiger partial charge on any atom is -0.433 e. The molecule has 0 atom stereocenters. The molecular weight excluding hydrogens is 373 g/mol. The molecule has 0 aromatic heterocycles. The fraction of sp³-hybridized carbons (Fsp3) is 0.520. The van der Waals surface area contributed by atoms with E-state index in [9.17, 15) is 13.2 Å². The first-order chi connectivity index (χ1) is 13.8. The van der Waals surface area contributed by atoms with Crippen LogP contribution in [0.25, 0.3) is 11.1 Å². The number of hydrogen-bond acceptors (Lipinski definition) is 1. The molecule has 1 aliphatic carbocycles. The van der Waals surface area contributed by atoms with Gasteiger partial charge in [-0.15, -0.1) is 0 Å². The van der Waals surface area contributed by atoms with Crippen LogP contribution >= 0.6 is 0 Å². The summed E-state index contributed by atoms with van der Waals surface area (Å²) < 4.78 is 45.0. The van der Waals surface area contributed by atoms with Crippen molar-refractivity contribution in [3.8, 4) is 16.9 Å².